The van der Waals surface area contributed by atoms with Crippen molar-refractivity contribution < 1.29 is 24.3 Å². The zero-order valence-electron chi connectivity index (χ0n) is 23.1. The molecule has 6 unspecified atom stereocenters. The number of amides is 4. The van der Waals surface area contributed by atoms with Gasteiger partial charge in [0.15, 0.2) is 0 Å². The second-order valence-electron chi connectivity index (χ2n) is 12.0. The number of anilines is 1. The summed E-state index contributed by atoms with van der Waals surface area (Å²) in [6.45, 7) is 4.16. The molecule has 41 heavy (non-hydrogen) atoms. The summed E-state index contributed by atoms with van der Waals surface area (Å²) in [6, 6.07) is 20.3. The number of nitrogens with zero attached hydrogens (tertiary/aromatic N) is 2. The van der Waals surface area contributed by atoms with E-state index < -0.39 is 29.1 Å². The van der Waals surface area contributed by atoms with Crippen LogP contribution < -0.4 is 4.90 Å². The van der Waals surface area contributed by atoms with Gasteiger partial charge in [0.25, 0.3) is 0 Å². The fourth-order valence-corrected chi connectivity index (χ4v) is 8.20. The van der Waals surface area contributed by atoms with Gasteiger partial charge in [-0.15, -0.1) is 0 Å². The van der Waals surface area contributed by atoms with Crippen LogP contribution in [0.4, 0.5) is 5.69 Å². The first-order chi connectivity index (χ1) is 19.8. The van der Waals surface area contributed by atoms with E-state index >= 15 is 0 Å². The summed E-state index contributed by atoms with van der Waals surface area (Å²) in [6.07, 6.45) is 3.41. The lowest BCUT2D eigenvalue weighted by Gasteiger charge is -2.49. The third-order valence-corrected chi connectivity index (χ3v) is 10.1. The van der Waals surface area contributed by atoms with Gasteiger partial charge in [0.2, 0.25) is 23.6 Å². The van der Waals surface area contributed by atoms with E-state index in [2.05, 4.69) is 0 Å². The molecule has 2 aliphatic carbocycles. The zero-order chi connectivity index (χ0) is 28.6. The summed E-state index contributed by atoms with van der Waals surface area (Å²) in [4.78, 5) is 58.4. The number of hydrogen-bond donors (Lipinski definition) is 1. The fourth-order valence-electron chi connectivity index (χ4n) is 8.20. The van der Waals surface area contributed by atoms with Gasteiger partial charge in [-0.2, -0.15) is 0 Å². The maximum atomic E-state index is 14.5. The van der Waals surface area contributed by atoms with Crippen LogP contribution in [0.15, 0.2) is 78.4 Å². The second-order valence-corrected chi connectivity index (χ2v) is 12.0. The predicted molar refractivity (Wildman–Crippen MR) is 154 cm³/mol. The standard InChI is InChI=1S/C34H32N2O5/c1-3-17-35-30(38)23-16-15-22-25(27(23)32(35)40)18-26-31(39)36(20-10-5-4-6-11-20)33(41)34(26,2)28(22)24-14-13-19-9-7-8-12-21(19)29(24)37/h4-15,23,25-28,37H,3,16-18H2,1-2H3. The number of likely N-dealkylation sites (tertiary alicyclic amines) is 1. The van der Waals surface area contributed by atoms with Gasteiger partial charge in [-0.05, 0) is 49.6 Å². The topological polar surface area (TPSA) is 95.0 Å². The quantitative estimate of drug-likeness (QED) is 0.358. The molecule has 2 aliphatic heterocycles. The SMILES string of the molecule is CCCN1C(=O)C2CC=C3C(CC4C(=O)N(c5ccccc5)C(=O)C4(C)C3c3ccc4ccccc4c3O)C2C1=O. The number of rotatable bonds is 4. The van der Waals surface area contributed by atoms with E-state index in [0.29, 0.717) is 42.4 Å². The molecule has 1 N–H and O–H groups in total. The molecule has 7 rings (SSSR count). The molecule has 7 nitrogen and oxygen atoms in total. The Hall–Kier alpha value is -4.26. The molecule has 4 amide bonds. The van der Waals surface area contributed by atoms with Crippen molar-refractivity contribution in [1.82, 2.24) is 4.90 Å². The first-order valence-electron chi connectivity index (χ1n) is 14.5. The van der Waals surface area contributed by atoms with Gasteiger partial charge in [0.1, 0.15) is 5.75 Å². The Morgan fingerprint density at radius 2 is 1.61 bits per heavy atom. The molecule has 208 valence electrons. The number of carbonyl (C=O) groups excluding carboxylic acids is 4. The fraction of sp³-hybridized carbons (Fsp3) is 0.353. The number of hydrogen-bond acceptors (Lipinski definition) is 5. The van der Waals surface area contributed by atoms with Crippen molar-refractivity contribution in [3.63, 3.8) is 0 Å². The highest BCUT2D eigenvalue weighted by atomic mass is 16.3. The number of aromatic hydroxyl groups is 1. The van der Waals surface area contributed by atoms with E-state index in [1.165, 1.54) is 9.80 Å². The van der Waals surface area contributed by atoms with Crippen LogP contribution in [-0.4, -0.2) is 40.2 Å². The van der Waals surface area contributed by atoms with Gasteiger partial charge in [-0.25, -0.2) is 4.90 Å². The molecule has 0 aromatic heterocycles. The molecule has 0 spiro atoms. The lowest BCUT2D eigenvalue weighted by molar-refractivity contribution is -0.140. The zero-order valence-corrected chi connectivity index (χ0v) is 23.1. The van der Waals surface area contributed by atoms with E-state index in [4.69, 9.17) is 0 Å². The van der Waals surface area contributed by atoms with Gasteiger partial charge >= 0.3 is 0 Å². The summed E-state index contributed by atoms with van der Waals surface area (Å²) in [5.41, 5.74) is 0.780. The molecule has 2 saturated heterocycles. The van der Waals surface area contributed by atoms with Crippen molar-refractivity contribution in [2.24, 2.45) is 29.1 Å². The monoisotopic (exact) mass is 548 g/mol. The van der Waals surface area contributed by atoms with Crippen LogP contribution in [0.3, 0.4) is 0 Å². The molecule has 3 aromatic rings. The van der Waals surface area contributed by atoms with Crippen molar-refractivity contribution in [2.45, 2.75) is 39.0 Å². The number of benzene rings is 3. The summed E-state index contributed by atoms with van der Waals surface area (Å²) in [7, 11) is 0. The number of allylic oxidation sites excluding steroid dienone is 2. The minimum absolute atomic E-state index is 0.0802. The average Bonchev–Trinajstić information content (AvgIpc) is 3.34. The van der Waals surface area contributed by atoms with Crippen molar-refractivity contribution in [2.75, 3.05) is 11.4 Å². The van der Waals surface area contributed by atoms with E-state index in [9.17, 15) is 24.3 Å². The van der Waals surface area contributed by atoms with Gasteiger partial charge in [0, 0.05) is 23.4 Å². The highest BCUT2D eigenvalue weighted by Gasteiger charge is 2.67. The van der Waals surface area contributed by atoms with Crippen LogP contribution in [0, 0.1) is 29.1 Å². The first kappa shape index (κ1) is 25.7. The lowest BCUT2D eigenvalue weighted by Crippen LogP contribution is -2.48. The van der Waals surface area contributed by atoms with Gasteiger partial charge < -0.3 is 5.11 Å². The molecule has 3 fully saturated rings. The maximum absolute atomic E-state index is 14.5. The van der Waals surface area contributed by atoms with Crippen LogP contribution in [0.25, 0.3) is 10.8 Å². The van der Waals surface area contributed by atoms with Gasteiger partial charge in [-0.3, -0.25) is 24.1 Å². The largest absolute Gasteiger partial charge is 0.507 e. The summed E-state index contributed by atoms with van der Waals surface area (Å²) in [5.74, 6) is -3.61. The van der Waals surface area contributed by atoms with Crippen molar-refractivity contribution in [3.8, 4) is 5.75 Å². The Labute approximate surface area is 238 Å². The number of phenols is 1. The van der Waals surface area contributed by atoms with Gasteiger partial charge in [-0.1, -0.05) is 73.2 Å². The molecule has 1 saturated carbocycles. The lowest BCUT2D eigenvalue weighted by atomic mass is 9.51. The number of imide groups is 2. The van der Waals surface area contributed by atoms with Crippen molar-refractivity contribution >= 4 is 40.1 Å². The highest BCUT2D eigenvalue weighted by Crippen LogP contribution is 2.64. The Morgan fingerprint density at radius 1 is 0.878 bits per heavy atom. The van der Waals surface area contributed by atoms with Crippen LogP contribution >= 0.6 is 0 Å². The molecular weight excluding hydrogens is 516 g/mol. The third kappa shape index (κ3) is 3.38. The second kappa shape index (κ2) is 9.13. The van der Waals surface area contributed by atoms with Crippen molar-refractivity contribution in [1.29, 1.82) is 0 Å². The molecule has 7 heteroatoms. The van der Waals surface area contributed by atoms with E-state index in [1.54, 1.807) is 24.3 Å². The first-order valence-corrected chi connectivity index (χ1v) is 14.5. The molecule has 6 atom stereocenters. The van der Waals surface area contributed by atoms with Gasteiger partial charge in [0.05, 0.1) is 28.9 Å². The number of phenolic OH excluding ortho intramolecular Hbond substituents is 1. The third-order valence-electron chi connectivity index (χ3n) is 10.1. The number of para-hydroxylation sites is 1. The summed E-state index contributed by atoms with van der Waals surface area (Å²) >= 11 is 0. The van der Waals surface area contributed by atoms with Crippen LogP contribution in [-0.2, 0) is 19.2 Å². The molecule has 4 aliphatic rings. The summed E-state index contributed by atoms with van der Waals surface area (Å²) in [5, 5.41) is 13.2. The molecule has 0 bridgehead atoms. The Morgan fingerprint density at radius 3 is 2.37 bits per heavy atom. The number of fused-ring (bicyclic) bond motifs is 5. The molecular formula is C34H32N2O5. The van der Waals surface area contributed by atoms with E-state index in [1.807, 2.05) is 62.4 Å². The number of carbonyl (C=O) groups is 4. The molecule has 3 aromatic carbocycles. The minimum atomic E-state index is -1.18. The Balaban J connectivity index is 1.43. The average molecular weight is 549 g/mol. The predicted octanol–water partition coefficient (Wildman–Crippen LogP) is 5.19. The maximum Gasteiger partial charge on any atom is 0.241 e. The van der Waals surface area contributed by atoms with Crippen molar-refractivity contribution in [3.05, 3.63) is 83.9 Å². The highest BCUT2D eigenvalue weighted by molar-refractivity contribution is 6.24. The Kier molecular flexibility index (Phi) is 5.72. The van der Waals surface area contributed by atoms with Crippen LogP contribution in [0.2, 0.25) is 0 Å². The smallest absolute Gasteiger partial charge is 0.241 e. The molecule has 2 heterocycles. The molecule has 0 radical (unpaired) electrons. The van der Waals surface area contributed by atoms with Crippen LogP contribution in [0.5, 0.6) is 5.75 Å². The minimum Gasteiger partial charge on any atom is -0.507 e. The van der Waals surface area contributed by atoms with E-state index in [0.717, 1.165) is 11.0 Å². The van der Waals surface area contributed by atoms with E-state index in [-0.39, 0.29) is 35.3 Å². The normalized spacial score (nSPS) is 30.9. The summed E-state index contributed by atoms with van der Waals surface area (Å²) < 4.78 is 0. The Bertz CT molecular complexity index is 1660. The van der Waals surface area contributed by atoms with Crippen LogP contribution in [0.1, 0.15) is 44.6 Å².